The van der Waals surface area contributed by atoms with E-state index in [1.54, 1.807) is 7.11 Å². The monoisotopic (exact) mass is 437 g/mol. The molecule has 2 N–H and O–H groups in total. The van der Waals surface area contributed by atoms with Crippen LogP contribution in [0.25, 0.3) is 43.6 Å². The highest BCUT2D eigenvalue weighted by Gasteiger charge is 2.07. The summed E-state index contributed by atoms with van der Waals surface area (Å²) in [7, 11) is 1.63. The molecule has 0 bridgehead atoms. The van der Waals surface area contributed by atoms with E-state index in [9.17, 15) is 0 Å². The number of ether oxygens (including phenoxy) is 1. The lowest BCUT2D eigenvalue weighted by Gasteiger charge is -2.08. The molecule has 156 valence electrons. The number of benzene rings is 4. The molecule has 0 aliphatic carbocycles. The second kappa shape index (κ2) is 8.33. The zero-order chi connectivity index (χ0) is 22.1. The molecule has 6 aromatic rings. The van der Waals surface area contributed by atoms with Gasteiger partial charge in [-0.05, 0) is 54.6 Å². The first kappa shape index (κ1) is 20.0. The van der Waals surface area contributed by atoms with Crippen molar-refractivity contribution in [1.29, 1.82) is 0 Å². The molecule has 4 aromatic carbocycles. The molecule has 0 saturated carbocycles. The molecule has 0 spiro atoms. The molecule has 0 unspecified atom stereocenters. The Labute approximate surface area is 190 Å². The van der Waals surface area contributed by atoms with Crippen LogP contribution in [-0.4, -0.2) is 17.1 Å². The minimum atomic E-state index is 0.655. The average Bonchev–Trinajstić information content (AvgIpc) is 2.83. The number of rotatable bonds is 1. The third kappa shape index (κ3) is 3.77. The highest BCUT2D eigenvalue weighted by Crippen LogP contribution is 2.31. The van der Waals surface area contributed by atoms with Gasteiger partial charge < -0.3 is 10.5 Å². The average molecular weight is 438 g/mol. The number of para-hydroxylation sites is 2. The Morgan fingerprint density at radius 3 is 2.00 bits per heavy atom. The van der Waals surface area contributed by atoms with Crippen LogP contribution in [0, 0.1) is 0 Å². The highest BCUT2D eigenvalue weighted by atomic mass is 35.5. The van der Waals surface area contributed by atoms with Gasteiger partial charge in [-0.15, -0.1) is 0 Å². The first-order valence-electron chi connectivity index (χ1n) is 10.2. The van der Waals surface area contributed by atoms with E-state index < -0.39 is 0 Å². The smallest absolute Gasteiger partial charge is 0.119 e. The first-order chi connectivity index (χ1) is 15.6. The van der Waals surface area contributed by atoms with E-state index in [2.05, 4.69) is 28.2 Å². The van der Waals surface area contributed by atoms with E-state index in [1.807, 2.05) is 72.8 Å². The van der Waals surface area contributed by atoms with E-state index in [0.29, 0.717) is 10.7 Å². The summed E-state index contributed by atoms with van der Waals surface area (Å²) in [6, 6.07) is 29.7. The van der Waals surface area contributed by atoms with Crippen molar-refractivity contribution in [1.82, 2.24) is 9.97 Å². The van der Waals surface area contributed by atoms with Crippen LogP contribution in [0.1, 0.15) is 0 Å². The summed E-state index contributed by atoms with van der Waals surface area (Å²) in [6.45, 7) is 0. The van der Waals surface area contributed by atoms with Crippen molar-refractivity contribution >= 4 is 60.9 Å². The number of aromatic nitrogens is 2. The molecular formula is C27H20ClN3O. The number of anilines is 1. The van der Waals surface area contributed by atoms with Gasteiger partial charge in [0.05, 0.1) is 34.9 Å². The summed E-state index contributed by atoms with van der Waals surface area (Å²) < 4.78 is 5.20. The number of nitrogens with two attached hydrogens (primary N) is 1. The largest absolute Gasteiger partial charge is 0.497 e. The van der Waals surface area contributed by atoms with Crippen molar-refractivity contribution in [3.05, 3.63) is 96.0 Å². The molecule has 0 radical (unpaired) electrons. The van der Waals surface area contributed by atoms with E-state index in [4.69, 9.17) is 22.1 Å². The Balaban J connectivity index is 0.000000139. The number of nitrogens with zero attached hydrogens (tertiary/aromatic N) is 2. The van der Waals surface area contributed by atoms with Crippen LogP contribution in [0.4, 0.5) is 5.69 Å². The van der Waals surface area contributed by atoms with Crippen LogP contribution in [0.3, 0.4) is 0 Å². The number of halogens is 1. The molecule has 0 atom stereocenters. The zero-order valence-corrected chi connectivity index (χ0v) is 18.2. The molecule has 0 aliphatic heterocycles. The standard InChI is InChI=1S/C14H11ClN2O.C13H9N/c1-18-9-3-5-12-11(7-9)14(16)10-4-2-8(15)6-13(10)17-12;1-3-7-12-10(5-1)9-11-6-2-4-8-13(11)14-12/h2-7H,1H3,(H2,16,17);1-9H. The minimum absolute atomic E-state index is 0.655. The molecule has 4 nitrogen and oxygen atoms in total. The Morgan fingerprint density at radius 1 is 0.656 bits per heavy atom. The van der Waals surface area contributed by atoms with E-state index in [-0.39, 0.29) is 0 Å². The topological polar surface area (TPSA) is 61.0 Å². The molecule has 2 aromatic heterocycles. The van der Waals surface area contributed by atoms with Crippen molar-refractivity contribution in [2.45, 2.75) is 0 Å². The molecule has 32 heavy (non-hydrogen) atoms. The number of fused-ring (bicyclic) bond motifs is 4. The van der Waals surface area contributed by atoms with E-state index >= 15 is 0 Å². The molecule has 0 saturated heterocycles. The fraction of sp³-hybridized carbons (Fsp3) is 0.0370. The number of pyridine rings is 2. The summed E-state index contributed by atoms with van der Waals surface area (Å²) in [6.07, 6.45) is 0. The minimum Gasteiger partial charge on any atom is -0.497 e. The fourth-order valence-electron chi connectivity index (χ4n) is 3.78. The van der Waals surface area contributed by atoms with Crippen LogP contribution < -0.4 is 10.5 Å². The lowest BCUT2D eigenvalue weighted by Crippen LogP contribution is -1.93. The highest BCUT2D eigenvalue weighted by molar-refractivity contribution is 6.31. The molecule has 6 rings (SSSR count). The van der Waals surface area contributed by atoms with Crippen molar-refractivity contribution in [2.24, 2.45) is 0 Å². The Hall–Kier alpha value is -3.89. The molecule has 0 amide bonds. The maximum absolute atomic E-state index is 6.19. The maximum atomic E-state index is 6.19. The van der Waals surface area contributed by atoms with Gasteiger partial charge in [0.1, 0.15) is 5.75 Å². The van der Waals surface area contributed by atoms with Gasteiger partial charge >= 0.3 is 0 Å². The number of hydrogen-bond donors (Lipinski definition) is 1. The quantitative estimate of drug-likeness (QED) is 0.281. The predicted molar refractivity (Wildman–Crippen MR) is 134 cm³/mol. The van der Waals surface area contributed by atoms with Crippen molar-refractivity contribution in [3.63, 3.8) is 0 Å². The van der Waals surface area contributed by atoms with Crippen LogP contribution in [0.5, 0.6) is 5.75 Å². The van der Waals surface area contributed by atoms with Crippen LogP contribution in [-0.2, 0) is 0 Å². The number of hydrogen-bond acceptors (Lipinski definition) is 4. The number of nitrogen functional groups attached to an aromatic ring is 1. The van der Waals surface area contributed by atoms with Crippen molar-refractivity contribution in [2.75, 3.05) is 12.8 Å². The van der Waals surface area contributed by atoms with Gasteiger partial charge in [-0.1, -0.05) is 48.0 Å². The third-order valence-electron chi connectivity index (χ3n) is 5.41. The third-order valence-corrected chi connectivity index (χ3v) is 5.65. The lowest BCUT2D eigenvalue weighted by molar-refractivity contribution is 0.415. The lowest BCUT2D eigenvalue weighted by atomic mass is 10.1. The van der Waals surface area contributed by atoms with Gasteiger partial charge in [-0.2, -0.15) is 0 Å². The molecule has 2 heterocycles. The second-order valence-electron chi connectivity index (χ2n) is 7.44. The van der Waals surface area contributed by atoms with Gasteiger partial charge in [-0.3, -0.25) is 0 Å². The summed E-state index contributed by atoms with van der Waals surface area (Å²) in [5.74, 6) is 0.768. The summed E-state index contributed by atoms with van der Waals surface area (Å²) in [5, 5.41) is 4.85. The molecule has 5 heteroatoms. The fourth-order valence-corrected chi connectivity index (χ4v) is 3.94. The SMILES string of the molecule is COc1ccc2nc3cc(Cl)ccc3c(N)c2c1.c1ccc2nc3ccccc3cc2c1. The first-order valence-corrected chi connectivity index (χ1v) is 10.6. The second-order valence-corrected chi connectivity index (χ2v) is 7.88. The van der Waals surface area contributed by atoms with Crippen LogP contribution in [0.15, 0.2) is 91.0 Å². The van der Waals surface area contributed by atoms with Crippen LogP contribution in [0.2, 0.25) is 5.02 Å². The Morgan fingerprint density at radius 2 is 1.31 bits per heavy atom. The van der Waals surface area contributed by atoms with Crippen molar-refractivity contribution in [3.8, 4) is 5.75 Å². The van der Waals surface area contributed by atoms with Gasteiger partial charge in [0, 0.05) is 26.6 Å². The molecule has 0 fully saturated rings. The summed E-state index contributed by atoms with van der Waals surface area (Å²) >= 11 is 5.97. The number of methoxy groups -OCH3 is 1. The molecule has 0 aliphatic rings. The Bertz CT molecular complexity index is 1490. The summed E-state index contributed by atoms with van der Waals surface area (Å²) in [4.78, 5) is 9.13. The van der Waals surface area contributed by atoms with Gasteiger partial charge in [0.25, 0.3) is 0 Å². The van der Waals surface area contributed by atoms with E-state index in [0.717, 1.165) is 38.6 Å². The maximum Gasteiger partial charge on any atom is 0.119 e. The van der Waals surface area contributed by atoms with Gasteiger partial charge in [0.2, 0.25) is 0 Å². The predicted octanol–water partition coefficient (Wildman–Crippen LogP) is 7.02. The zero-order valence-electron chi connectivity index (χ0n) is 17.4. The van der Waals surface area contributed by atoms with Crippen molar-refractivity contribution < 1.29 is 4.74 Å². The van der Waals surface area contributed by atoms with Gasteiger partial charge in [0.15, 0.2) is 0 Å². The van der Waals surface area contributed by atoms with Crippen LogP contribution >= 0.6 is 11.6 Å². The van der Waals surface area contributed by atoms with E-state index in [1.165, 1.54) is 10.8 Å². The normalized spacial score (nSPS) is 10.9. The Kier molecular flexibility index (Phi) is 5.21. The summed E-state index contributed by atoms with van der Waals surface area (Å²) in [5.41, 5.74) is 10.7. The van der Waals surface area contributed by atoms with Gasteiger partial charge in [-0.25, -0.2) is 9.97 Å². The molecular weight excluding hydrogens is 418 g/mol.